The monoisotopic (exact) mass is 258 g/mol. The molecule has 0 atom stereocenters. The Labute approximate surface area is 96.5 Å². The van der Waals surface area contributed by atoms with E-state index < -0.39 is 51.6 Å². The largest absolute Gasteiger partial charge is 0.203 e. The van der Waals surface area contributed by atoms with Crippen molar-refractivity contribution < 1.29 is 26.3 Å². The van der Waals surface area contributed by atoms with E-state index in [4.69, 9.17) is 0 Å². The van der Waals surface area contributed by atoms with Crippen LogP contribution in [0, 0.1) is 47.0 Å². The fourth-order valence-corrected chi connectivity index (χ4v) is 1.92. The number of hydrogen-bond acceptors (Lipinski definition) is 0. The van der Waals surface area contributed by atoms with Gasteiger partial charge in [-0.25, -0.2) is 26.3 Å². The summed E-state index contributed by atoms with van der Waals surface area (Å²) < 4.78 is 78.9. The van der Waals surface area contributed by atoms with Crippen molar-refractivity contribution in [3.8, 4) is 22.3 Å². The highest BCUT2D eigenvalue weighted by atomic mass is 19.2. The molecule has 0 saturated carbocycles. The minimum atomic E-state index is -2.07. The smallest absolute Gasteiger partial charge is 0.198 e. The Bertz CT molecular complexity index is 705. The first kappa shape index (κ1) is 11.1. The molecule has 1 aliphatic rings. The lowest BCUT2D eigenvalue weighted by atomic mass is 9.79. The van der Waals surface area contributed by atoms with Gasteiger partial charge in [0.05, 0.1) is 0 Å². The Balaban J connectivity index is 2.42. The molecule has 1 aliphatic carbocycles. The number of benzene rings is 2. The second-order valence-corrected chi connectivity index (χ2v) is 3.63. The van der Waals surface area contributed by atoms with Crippen molar-refractivity contribution in [2.24, 2.45) is 0 Å². The average Bonchev–Trinajstić information content (AvgIpc) is 2.31. The van der Waals surface area contributed by atoms with Crippen molar-refractivity contribution >= 4 is 0 Å². The van der Waals surface area contributed by atoms with E-state index in [2.05, 4.69) is 0 Å². The van der Waals surface area contributed by atoms with E-state index in [-0.39, 0.29) is 5.56 Å². The molecule has 2 aromatic carbocycles. The normalized spacial score (nSPS) is 11.9. The Kier molecular flexibility index (Phi) is 2.03. The van der Waals surface area contributed by atoms with Gasteiger partial charge in [-0.1, -0.05) is 0 Å². The molecule has 0 nitrogen and oxygen atoms in total. The standard InChI is InChI=1S/C12F6/c13-4-2-1-3-5(8(4)14)7-6(3)9(15)11(17)12(18)10(7)16. The van der Waals surface area contributed by atoms with Gasteiger partial charge >= 0.3 is 0 Å². The summed E-state index contributed by atoms with van der Waals surface area (Å²) in [7, 11) is 0. The first-order chi connectivity index (χ1) is 8.45. The van der Waals surface area contributed by atoms with Gasteiger partial charge in [0.15, 0.2) is 34.9 Å². The maximum atomic E-state index is 13.4. The van der Waals surface area contributed by atoms with Gasteiger partial charge in [0.1, 0.15) is 0 Å². The minimum absolute atomic E-state index is 0.362. The lowest BCUT2D eigenvalue weighted by Crippen LogP contribution is -2.13. The van der Waals surface area contributed by atoms with Gasteiger partial charge < -0.3 is 0 Å². The summed E-state index contributed by atoms with van der Waals surface area (Å²) in [5, 5.41) is 0. The van der Waals surface area contributed by atoms with E-state index >= 15 is 0 Å². The SMILES string of the molecule is Fc1[c][c]c2c(c1F)-c1c(F)c(F)c(F)c(F)c1-2. The van der Waals surface area contributed by atoms with Gasteiger partial charge in [-0.15, -0.1) is 0 Å². The third-order valence-corrected chi connectivity index (χ3v) is 2.73. The molecule has 0 bridgehead atoms. The topological polar surface area (TPSA) is 0 Å². The second kappa shape index (κ2) is 3.28. The lowest BCUT2D eigenvalue weighted by molar-refractivity contribution is 0.410. The van der Waals surface area contributed by atoms with E-state index in [1.54, 1.807) is 6.07 Å². The Morgan fingerprint density at radius 2 is 1.06 bits per heavy atom. The molecule has 0 fully saturated rings. The van der Waals surface area contributed by atoms with E-state index in [1.165, 1.54) is 0 Å². The van der Waals surface area contributed by atoms with Crippen LogP contribution in [-0.2, 0) is 0 Å². The summed E-state index contributed by atoms with van der Waals surface area (Å²) in [5.74, 6) is -10.4. The van der Waals surface area contributed by atoms with Crippen LogP contribution in [0.4, 0.5) is 26.3 Å². The quantitative estimate of drug-likeness (QED) is 0.327. The summed E-state index contributed by atoms with van der Waals surface area (Å²) in [6.07, 6.45) is 0. The number of halogens is 6. The molecule has 0 unspecified atom stereocenters. The van der Waals surface area contributed by atoms with Gasteiger partial charge in [0, 0.05) is 34.4 Å². The van der Waals surface area contributed by atoms with Crippen LogP contribution in [0.2, 0.25) is 0 Å². The molecule has 6 heteroatoms. The molecule has 0 saturated heterocycles. The molecular weight excluding hydrogens is 258 g/mol. The molecule has 3 rings (SSSR count). The van der Waals surface area contributed by atoms with E-state index in [0.717, 1.165) is 0 Å². The molecule has 0 heterocycles. The highest BCUT2D eigenvalue weighted by molar-refractivity contribution is 6.02. The first-order valence-corrected chi connectivity index (χ1v) is 4.63. The van der Waals surface area contributed by atoms with Crippen LogP contribution in [0.15, 0.2) is 0 Å². The fraction of sp³-hybridized carbons (Fsp3) is 0. The van der Waals surface area contributed by atoms with Crippen molar-refractivity contribution in [1.29, 1.82) is 0 Å². The zero-order chi connectivity index (χ0) is 13.2. The summed E-state index contributed by atoms with van der Waals surface area (Å²) >= 11 is 0. The Morgan fingerprint density at radius 3 is 1.67 bits per heavy atom. The molecule has 2 aromatic rings. The summed E-state index contributed by atoms with van der Waals surface area (Å²) in [5.41, 5.74) is -2.49. The number of rotatable bonds is 0. The van der Waals surface area contributed by atoms with Crippen LogP contribution in [0.25, 0.3) is 22.3 Å². The summed E-state index contributed by atoms with van der Waals surface area (Å²) in [6.45, 7) is 0. The van der Waals surface area contributed by atoms with E-state index in [9.17, 15) is 26.3 Å². The average molecular weight is 258 g/mol. The fourth-order valence-electron chi connectivity index (χ4n) is 1.92. The third-order valence-electron chi connectivity index (χ3n) is 2.73. The Morgan fingerprint density at radius 1 is 0.500 bits per heavy atom. The van der Waals surface area contributed by atoms with Crippen LogP contribution in [0.5, 0.6) is 0 Å². The molecule has 0 spiro atoms. The van der Waals surface area contributed by atoms with Crippen LogP contribution < -0.4 is 0 Å². The molecule has 0 amide bonds. The minimum Gasteiger partial charge on any atom is -0.203 e. The zero-order valence-corrected chi connectivity index (χ0v) is 8.27. The van der Waals surface area contributed by atoms with Crippen molar-refractivity contribution in [1.82, 2.24) is 0 Å². The number of hydrogen-bond donors (Lipinski definition) is 0. The predicted molar refractivity (Wildman–Crippen MR) is 48.3 cm³/mol. The molecular formula is C12F6. The highest BCUT2D eigenvalue weighted by Gasteiger charge is 2.38. The van der Waals surface area contributed by atoms with Crippen LogP contribution in [0.1, 0.15) is 0 Å². The van der Waals surface area contributed by atoms with Crippen LogP contribution in [0.3, 0.4) is 0 Å². The molecule has 0 N–H and O–H groups in total. The highest BCUT2D eigenvalue weighted by Crippen LogP contribution is 2.52. The maximum Gasteiger partial charge on any atom is 0.198 e. The van der Waals surface area contributed by atoms with E-state index in [0.29, 0.717) is 0 Å². The van der Waals surface area contributed by atoms with Gasteiger partial charge in [-0.2, -0.15) is 0 Å². The lowest BCUT2D eigenvalue weighted by Gasteiger charge is -2.25. The summed E-state index contributed by atoms with van der Waals surface area (Å²) in [4.78, 5) is 0. The third kappa shape index (κ3) is 1.07. The maximum absolute atomic E-state index is 13.4. The van der Waals surface area contributed by atoms with Gasteiger partial charge in [0.2, 0.25) is 0 Å². The Hall–Kier alpha value is -1.98. The molecule has 0 aliphatic heterocycles. The zero-order valence-electron chi connectivity index (χ0n) is 8.27. The van der Waals surface area contributed by atoms with Crippen molar-refractivity contribution in [2.45, 2.75) is 0 Å². The number of fused-ring (bicyclic) bond motifs is 4. The van der Waals surface area contributed by atoms with Crippen molar-refractivity contribution in [3.05, 3.63) is 47.0 Å². The second-order valence-electron chi connectivity index (χ2n) is 3.63. The van der Waals surface area contributed by atoms with Crippen LogP contribution in [-0.4, -0.2) is 0 Å². The van der Waals surface area contributed by atoms with Crippen molar-refractivity contribution in [3.63, 3.8) is 0 Å². The molecule has 90 valence electrons. The van der Waals surface area contributed by atoms with Gasteiger partial charge in [-0.3, -0.25) is 0 Å². The first-order valence-electron chi connectivity index (χ1n) is 4.63. The predicted octanol–water partition coefficient (Wildman–Crippen LogP) is 3.77. The van der Waals surface area contributed by atoms with Crippen LogP contribution >= 0.6 is 0 Å². The van der Waals surface area contributed by atoms with E-state index in [1.807, 2.05) is 6.07 Å². The molecule has 18 heavy (non-hydrogen) atoms. The van der Waals surface area contributed by atoms with Crippen molar-refractivity contribution in [2.75, 3.05) is 0 Å². The van der Waals surface area contributed by atoms with Gasteiger partial charge in [-0.05, 0) is 0 Å². The summed E-state index contributed by atoms with van der Waals surface area (Å²) in [6, 6.07) is 3.74. The molecule has 0 aromatic heterocycles. The molecule has 2 radical (unpaired) electrons. The van der Waals surface area contributed by atoms with Gasteiger partial charge in [0.25, 0.3) is 0 Å².